The summed E-state index contributed by atoms with van der Waals surface area (Å²) in [4.78, 5) is 21.2. The lowest BCUT2D eigenvalue weighted by atomic mass is 10.3. The van der Waals surface area contributed by atoms with Crippen molar-refractivity contribution in [3.05, 3.63) is 16.3 Å². The summed E-state index contributed by atoms with van der Waals surface area (Å²) in [7, 11) is 2.50. The topological polar surface area (TPSA) is 96.5 Å². The van der Waals surface area contributed by atoms with E-state index in [1.165, 1.54) is 21.1 Å². The van der Waals surface area contributed by atoms with Gasteiger partial charge in [0, 0.05) is 0 Å². The molecule has 1 heterocycles. The first kappa shape index (κ1) is 12.0. The Morgan fingerprint density at radius 3 is 2.62 bits per heavy atom. The largest absolute Gasteiger partial charge is 0.475 e. The molecule has 0 aliphatic rings. The average molecular weight is 229 g/mol. The third kappa shape index (κ3) is 2.10. The second-order valence-electron chi connectivity index (χ2n) is 2.96. The highest BCUT2D eigenvalue weighted by molar-refractivity contribution is 5.73. The van der Waals surface area contributed by atoms with E-state index in [1.54, 1.807) is 0 Å². The summed E-state index contributed by atoms with van der Waals surface area (Å²) in [6, 6.07) is -0.743. The van der Waals surface area contributed by atoms with Crippen LogP contribution in [0.2, 0.25) is 0 Å². The van der Waals surface area contributed by atoms with Gasteiger partial charge in [0.1, 0.15) is 12.2 Å². The molecule has 88 valence electrons. The van der Waals surface area contributed by atoms with Gasteiger partial charge in [-0.15, -0.1) is 5.10 Å². The highest BCUT2D eigenvalue weighted by atomic mass is 16.6. The maximum absolute atomic E-state index is 11.2. The fourth-order valence-electron chi connectivity index (χ4n) is 1.11. The molecule has 1 aromatic rings. The molecular formula is C8H11N3O5. The first-order valence-electron chi connectivity index (χ1n) is 4.36. The summed E-state index contributed by atoms with van der Waals surface area (Å²) in [5, 5.41) is 14.4. The van der Waals surface area contributed by atoms with E-state index in [0.717, 1.165) is 10.9 Å². The lowest BCUT2D eigenvalue weighted by Gasteiger charge is -2.07. The van der Waals surface area contributed by atoms with E-state index < -0.39 is 16.9 Å². The lowest BCUT2D eigenvalue weighted by Crippen LogP contribution is -2.18. The molecule has 0 saturated carbocycles. The fourth-order valence-corrected chi connectivity index (χ4v) is 1.11. The van der Waals surface area contributed by atoms with Crippen LogP contribution < -0.4 is 4.74 Å². The Bertz CT molecular complexity index is 414. The molecule has 0 radical (unpaired) electrons. The molecule has 8 heteroatoms. The van der Waals surface area contributed by atoms with Gasteiger partial charge in [-0.25, -0.2) is 9.48 Å². The fraction of sp³-hybridized carbons (Fsp3) is 0.500. The van der Waals surface area contributed by atoms with Crippen LogP contribution >= 0.6 is 0 Å². The average Bonchev–Trinajstić information content (AvgIpc) is 2.70. The zero-order valence-corrected chi connectivity index (χ0v) is 9.04. The highest BCUT2D eigenvalue weighted by Crippen LogP contribution is 2.26. The molecule has 1 aromatic heterocycles. The number of nitro groups is 1. The molecule has 0 amide bonds. The molecule has 8 nitrogen and oxygen atoms in total. The van der Waals surface area contributed by atoms with E-state index in [2.05, 4.69) is 9.84 Å². The van der Waals surface area contributed by atoms with Crippen molar-refractivity contribution in [1.82, 2.24) is 9.78 Å². The summed E-state index contributed by atoms with van der Waals surface area (Å²) in [6.07, 6.45) is 1.13. The molecule has 1 rings (SSSR count). The quantitative estimate of drug-likeness (QED) is 0.424. The number of carbonyl (C=O) groups excluding carboxylic acids is 1. The Kier molecular flexibility index (Phi) is 3.44. The first-order valence-corrected chi connectivity index (χ1v) is 4.36. The first-order chi connectivity index (χ1) is 7.51. The van der Waals surface area contributed by atoms with Crippen LogP contribution in [0.15, 0.2) is 6.20 Å². The number of nitrogens with zero attached hydrogens (tertiary/aromatic N) is 3. The molecule has 0 aliphatic heterocycles. The monoisotopic (exact) mass is 229 g/mol. The third-order valence-corrected chi connectivity index (χ3v) is 2.01. The van der Waals surface area contributed by atoms with Crippen LogP contribution in [0.1, 0.15) is 13.0 Å². The second kappa shape index (κ2) is 4.60. The van der Waals surface area contributed by atoms with Gasteiger partial charge in [-0.2, -0.15) is 0 Å². The summed E-state index contributed by atoms with van der Waals surface area (Å²) in [6.45, 7) is 1.52. The van der Waals surface area contributed by atoms with Gasteiger partial charge in [0.2, 0.25) is 0 Å². The van der Waals surface area contributed by atoms with Crippen LogP contribution in [0.25, 0.3) is 0 Å². The van der Waals surface area contributed by atoms with Crippen LogP contribution in [0.3, 0.4) is 0 Å². The summed E-state index contributed by atoms with van der Waals surface area (Å²) in [5.41, 5.74) is -0.293. The van der Waals surface area contributed by atoms with Crippen LogP contribution in [0, 0.1) is 10.1 Å². The molecule has 0 aliphatic carbocycles. The third-order valence-electron chi connectivity index (χ3n) is 2.01. The number of rotatable bonds is 4. The number of methoxy groups -OCH3 is 2. The Balaban J connectivity index is 3.07. The van der Waals surface area contributed by atoms with Crippen molar-refractivity contribution in [1.29, 1.82) is 0 Å². The number of hydrogen-bond acceptors (Lipinski definition) is 6. The van der Waals surface area contributed by atoms with Gasteiger partial charge in [-0.1, -0.05) is 0 Å². The van der Waals surface area contributed by atoms with Gasteiger partial charge in [-0.3, -0.25) is 10.1 Å². The Morgan fingerprint density at radius 2 is 2.25 bits per heavy atom. The standard InChI is InChI=1S/C8H11N3O5/c1-5(8(12)16-3)10-4-6(11(13)14)7(9-10)15-2/h4-5H,1-3H3/t5-/m1/s1. The van der Waals surface area contributed by atoms with Crippen LogP contribution in [0.4, 0.5) is 5.69 Å². The molecule has 0 saturated heterocycles. The number of hydrogen-bond donors (Lipinski definition) is 0. The molecule has 0 aromatic carbocycles. The Morgan fingerprint density at radius 1 is 1.62 bits per heavy atom. The van der Waals surface area contributed by atoms with Crippen molar-refractivity contribution >= 4 is 11.7 Å². The molecule has 0 bridgehead atoms. The van der Waals surface area contributed by atoms with Crippen molar-refractivity contribution in [3.63, 3.8) is 0 Å². The number of ether oxygens (including phenoxy) is 2. The Labute approximate surface area is 90.9 Å². The molecule has 0 unspecified atom stereocenters. The van der Waals surface area contributed by atoms with E-state index in [9.17, 15) is 14.9 Å². The van der Waals surface area contributed by atoms with Gasteiger partial charge >= 0.3 is 17.5 Å². The molecule has 0 fully saturated rings. The maximum atomic E-state index is 11.2. The summed E-state index contributed by atoms with van der Waals surface area (Å²) in [5.74, 6) is -0.680. The Hall–Kier alpha value is -2.12. The predicted molar refractivity (Wildman–Crippen MR) is 52.2 cm³/mol. The number of esters is 1. The molecule has 1 atom stereocenters. The van der Waals surface area contributed by atoms with E-state index in [0.29, 0.717) is 0 Å². The van der Waals surface area contributed by atoms with Gasteiger partial charge in [0.05, 0.1) is 19.1 Å². The maximum Gasteiger partial charge on any atom is 0.350 e. The lowest BCUT2D eigenvalue weighted by molar-refractivity contribution is -0.385. The van der Waals surface area contributed by atoms with E-state index in [4.69, 9.17) is 4.74 Å². The number of aromatic nitrogens is 2. The minimum Gasteiger partial charge on any atom is -0.475 e. The van der Waals surface area contributed by atoms with Crippen LogP contribution in [-0.4, -0.2) is 34.9 Å². The van der Waals surface area contributed by atoms with Crippen molar-refractivity contribution in [2.45, 2.75) is 13.0 Å². The summed E-state index contributed by atoms with van der Waals surface area (Å²) >= 11 is 0. The van der Waals surface area contributed by atoms with Crippen molar-refractivity contribution in [2.24, 2.45) is 0 Å². The summed E-state index contributed by atoms with van der Waals surface area (Å²) < 4.78 is 10.4. The zero-order chi connectivity index (χ0) is 12.3. The smallest absolute Gasteiger partial charge is 0.350 e. The van der Waals surface area contributed by atoms with Crippen molar-refractivity contribution in [2.75, 3.05) is 14.2 Å². The molecule has 0 spiro atoms. The van der Waals surface area contributed by atoms with E-state index >= 15 is 0 Å². The van der Waals surface area contributed by atoms with E-state index in [1.807, 2.05) is 0 Å². The minimum atomic E-state index is -0.743. The van der Waals surface area contributed by atoms with Crippen LogP contribution in [-0.2, 0) is 9.53 Å². The SMILES string of the molecule is COC(=O)[C@@H](C)n1cc([N+](=O)[O-])c(OC)n1. The number of carbonyl (C=O) groups is 1. The van der Waals surface area contributed by atoms with Crippen molar-refractivity contribution < 1.29 is 19.2 Å². The van der Waals surface area contributed by atoms with Gasteiger partial charge in [-0.05, 0) is 6.92 Å². The predicted octanol–water partition coefficient (Wildman–Crippen LogP) is 0.534. The van der Waals surface area contributed by atoms with Gasteiger partial charge in [0.25, 0.3) is 0 Å². The van der Waals surface area contributed by atoms with Gasteiger partial charge in [0.15, 0.2) is 0 Å². The van der Waals surface area contributed by atoms with E-state index in [-0.39, 0.29) is 11.6 Å². The highest BCUT2D eigenvalue weighted by Gasteiger charge is 2.25. The zero-order valence-electron chi connectivity index (χ0n) is 9.04. The molecular weight excluding hydrogens is 218 g/mol. The molecule has 16 heavy (non-hydrogen) atoms. The van der Waals surface area contributed by atoms with Crippen molar-refractivity contribution in [3.8, 4) is 5.88 Å². The van der Waals surface area contributed by atoms with Gasteiger partial charge < -0.3 is 9.47 Å². The normalized spacial score (nSPS) is 11.9. The second-order valence-corrected chi connectivity index (χ2v) is 2.96. The van der Waals surface area contributed by atoms with Crippen LogP contribution in [0.5, 0.6) is 5.88 Å². The molecule has 0 N–H and O–H groups in total. The minimum absolute atomic E-state index is 0.138.